The highest BCUT2D eigenvalue weighted by molar-refractivity contribution is 7.12. The van der Waals surface area contributed by atoms with Gasteiger partial charge in [0, 0.05) is 10.4 Å². The number of hydrogen-bond acceptors (Lipinski definition) is 4. The second-order valence-corrected chi connectivity index (χ2v) is 9.93. The molecule has 4 rings (SSSR count). The minimum Gasteiger partial charge on any atom is -0.489 e. The lowest BCUT2D eigenvalue weighted by atomic mass is 9.96. The van der Waals surface area contributed by atoms with Crippen molar-refractivity contribution < 1.29 is 19.4 Å². The Morgan fingerprint density at radius 1 is 0.865 bits per heavy atom. The van der Waals surface area contributed by atoms with Gasteiger partial charge in [0.25, 0.3) is 0 Å². The average molecular weight is 509 g/mol. The first kappa shape index (κ1) is 25.8. The van der Waals surface area contributed by atoms with Gasteiger partial charge in [0.15, 0.2) is 6.61 Å². The normalized spacial score (nSPS) is 10.9. The number of carbonyl (C=O) groups is 1. The van der Waals surface area contributed by atoms with Crippen LogP contribution in [0.15, 0.2) is 84.9 Å². The molecule has 5 heteroatoms. The Labute approximate surface area is 221 Å². The maximum Gasteiger partial charge on any atom is 0.341 e. The third kappa shape index (κ3) is 7.36. The van der Waals surface area contributed by atoms with E-state index < -0.39 is 5.97 Å². The maximum atomic E-state index is 10.8. The van der Waals surface area contributed by atoms with Crippen LogP contribution in [0.2, 0.25) is 0 Å². The molecule has 0 aliphatic rings. The van der Waals surface area contributed by atoms with Gasteiger partial charge < -0.3 is 14.6 Å². The van der Waals surface area contributed by atoms with Gasteiger partial charge in [0.2, 0.25) is 0 Å². The van der Waals surface area contributed by atoms with Gasteiger partial charge in [-0.25, -0.2) is 4.79 Å². The molecule has 37 heavy (non-hydrogen) atoms. The Morgan fingerprint density at radius 2 is 1.57 bits per heavy atom. The van der Waals surface area contributed by atoms with Gasteiger partial charge in [-0.15, -0.1) is 11.3 Å². The molecule has 0 saturated heterocycles. The smallest absolute Gasteiger partial charge is 0.341 e. The zero-order valence-electron chi connectivity index (χ0n) is 21.1. The molecule has 0 aliphatic carbocycles. The number of aliphatic carboxylic acids is 1. The topological polar surface area (TPSA) is 55.8 Å². The van der Waals surface area contributed by atoms with E-state index in [2.05, 4.69) is 80.3 Å². The number of carboxylic acids is 1. The van der Waals surface area contributed by atoms with E-state index in [9.17, 15) is 4.79 Å². The molecule has 1 aromatic heterocycles. The van der Waals surface area contributed by atoms with Crippen molar-refractivity contribution in [2.75, 3.05) is 13.2 Å². The Kier molecular flexibility index (Phi) is 8.45. The molecule has 0 atom stereocenters. The van der Waals surface area contributed by atoms with Crippen molar-refractivity contribution >= 4 is 22.9 Å². The lowest BCUT2D eigenvalue weighted by Gasteiger charge is -2.12. The van der Waals surface area contributed by atoms with Crippen LogP contribution in [0.4, 0.5) is 0 Å². The summed E-state index contributed by atoms with van der Waals surface area (Å²) < 4.78 is 11.3. The van der Waals surface area contributed by atoms with E-state index in [0.29, 0.717) is 18.1 Å². The van der Waals surface area contributed by atoms with E-state index >= 15 is 0 Å². The van der Waals surface area contributed by atoms with Gasteiger partial charge >= 0.3 is 5.97 Å². The molecule has 0 unspecified atom stereocenters. The Bertz CT molecular complexity index is 1470. The summed E-state index contributed by atoms with van der Waals surface area (Å²) in [6.45, 7) is 6.02. The second-order valence-electron chi connectivity index (χ2n) is 8.64. The highest BCUT2D eigenvalue weighted by Gasteiger charge is 2.07. The molecule has 186 valence electrons. The van der Waals surface area contributed by atoms with Gasteiger partial charge in [0.05, 0.1) is 4.88 Å². The third-order valence-electron chi connectivity index (χ3n) is 5.66. The number of hydrogen-bond donors (Lipinski definition) is 1. The summed E-state index contributed by atoms with van der Waals surface area (Å²) in [6, 6.07) is 26.2. The zero-order valence-corrected chi connectivity index (χ0v) is 21.9. The van der Waals surface area contributed by atoms with Crippen molar-refractivity contribution in [3.05, 3.63) is 123 Å². The molecule has 0 amide bonds. The Morgan fingerprint density at radius 3 is 2.19 bits per heavy atom. The van der Waals surface area contributed by atoms with E-state index in [4.69, 9.17) is 14.6 Å². The predicted molar refractivity (Wildman–Crippen MR) is 150 cm³/mol. The molecular weight excluding hydrogens is 480 g/mol. The van der Waals surface area contributed by atoms with Crippen molar-refractivity contribution in [3.8, 4) is 23.3 Å². The SMILES string of the molecule is Cc1ccc(/C(=C/COc2ccc(OCC(=O)O)c(C)c2)c2ccc(C#Cc3ccc(C)s3)cc2)cc1. The van der Waals surface area contributed by atoms with Crippen molar-refractivity contribution in [1.82, 2.24) is 0 Å². The highest BCUT2D eigenvalue weighted by atomic mass is 32.1. The predicted octanol–water partition coefficient (Wildman–Crippen LogP) is 7.05. The van der Waals surface area contributed by atoms with Crippen LogP contribution in [-0.4, -0.2) is 24.3 Å². The Balaban J connectivity index is 1.52. The molecule has 0 fully saturated rings. The van der Waals surface area contributed by atoms with Gasteiger partial charge in [-0.3, -0.25) is 0 Å². The molecular formula is C32H28O4S. The van der Waals surface area contributed by atoms with Crippen LogP contribution in [0.5, 0.6) is 11.5 Å². The molecule has 3 aromatic carbocycles. The fraction of sp³-hybridized carbons (Fsp3) is 0.156. The number of carboxylic acid groups (broad SMARTS) is 1. The number of benzene rings is 3. The number of ether oxygens (including phenoxy) is 2. The van der Waals surface area contributed by atoms with E-state index in [0.717, 1.165) is 32.7 Å². The fourth-order valence-corrected chi connectivity index (χ4v) is 4.46. The van der Waals surface area contributed by atoms with Crippen LogP contribution in [-0.2, 0) is 4.79 Å². The second kappa shape index (κ2) is 12.1. The number of rotatable bonds is 8. The van der Waals surface area contributed by atoms with Crippen LogP contribution in [0.3, 0.4) is 0 Å². The van der Waals surface area contributed by atoms with E-state index in [1.54, 1.807) is 23.5 Å². The molecule has 4 aromatic rings. The van der Waals surface area contributed by atoms with Gasteiger partial charge in [0.1, 0.15) is 18.1 Å². The highest BCUT2D eigenvalue weighted by Crippen LogP contribution is 2.26. The summed E-state index contributed by atoms with van der Waals surface area (Å²) >= 11 is 1.70. The average Bonchev–Trinajstić information content (AvgIpc) is 3.31. The monoisotopic (exact) mass is 508 g/mol. The minimum absolute atomic E-state index is 0.372. The Hall–Kier alpha value is -4.27. The summed E-state index contributed by atoms with van der Waals surface area (Å²) in [5.41, 5.74) is 6.25. The summed E-state index contributed by atoms with van der Waals surface area (Å²) in [4.78, 5) is 13.1. The fourth-order valence-electron chi connectivity index (χ4n) is 3.74. The summed E-state index contributed by atoms with van der Waals surface area (Å²) in [6.07, 6.45) is 2.07. The van der Waals surface area contributed by atoms with Crippen LogP contribution in [0.25, 0.3) is 5.57 Å². The summed E-state index contributed by atoms with van der Waals surface area (Å²) in [5.74, 6) is 6.70. The molecule has 0 spiro atoms. The molecule has 0 aliphatic heterocycles. The molecule has 1 N–H and O–H groups in total. The van der Waals surface area contributed by atoms with E-state index in [1.807, 2.05) is 25.1 Å². The van der Waals surface area contributed by atoms with Crippen molar-refractivity contribution in [2.45, 2.75) is 20.8 Å². The lowest BCUT2D eigenvalue weighted by molar-refractivity contribution is -0.139. The summed E-state index contributed by atoms with van der Waals surface area (Å²) in [5, 5.41) is 8.82. The van der Waals surface area contributed by atoms with E-state index in [1.165, 1.54) is 10.4 Å². The van der Waals surface area contributed by atoms with Gasteiger partial charge in [-0.1, -0.05) is 53.8 Å². The van der Waals surface area contributed by atoms with Gasteiger partial charge in [-0.05, 0) is 91.6 Å². The molecule has 0 bridgehead atoms. The van der Waals surface area contributed by atoms with Crippen LogP contribution in [0.1, 0.15) is 37.6 Å². The molecule has 1 heterocycles. The van der Waals surface area contributed by atoms with Crippen LogP contribution in [0, 0.1) is 32.6 Å². The summed E-state index contributed by atoms with van der Waals surface area (Å²) in [7, 11) is 0. The maximum absolute atomic E-state index is 10.8. The van der Waals surface area contributed by atoms with Crippen molar-refractivity contribution in [1.29, 1.82) is 0 Å². The molecule has 4 nitrogen and oxygen atoms in total. The first-order valence-electron chi connectivity index (χ1n) is 11.9. The van der Waals surface area contributed by atoms with Crippen molar-refractivity contribution in [2.24, 2.45) is 0 Å². The molecule has 0 saturated carbocycles. The van der Waals surface area contributed by atoms with E-state index in [-0.39, 0.29) is 6.61 Å². The van der Waals surface area contributed by atoms with Crippen LogP contribution >= 0.6 is 11.3 Å². The number of aryl methyl sites for hydroxylation is 3. The van der Waals surface area contributed by atoms with Gasteiger partial charge in [-0.2, -0.15) is 0 Å². The minimum atomic E-state index is -1.01. The number of thiophene rings is 1. The van der Waals surface area contributed by atoms with Crippen molar-refractivity contribution in [3.63, 3.8) is 0 Å². The van der Waals surface area contributed by atoms with Crippen LogP contribution < -0.4 is 9.47 Å². The lowest BCUT2D eigenvalue weighted by Crippen LogP contribution is -2.10. The standard InChI is InChI=1S/C32H28O4S/c1-22-4-10-26(11-5-22)30(18-19-35-28-14-17-31(23(2)20-28)36-21-32(33)34)27-12-7-25(8-13-27)9-16-29-15-6-24(3)37-29/h4-8,10-15,17-18,20H,19,21H2,1-3H3,(H,33,34)/b30-18-. The zero-order chi connectivity index (χ0) is 26.2. The molecule has 0 radical (unpaired) electrons. The first-order chi connectivity index (χ1) is 17.9. The third-order valence-corrected chi connectivity index (χ3v) is 6.58. The quantitative estimate of drug-likeness (QED) is 0.259. The largest absolute Gasteiger partial charge is 0.489 e. The first-order valence-corrected chi connectivity index (χ1v) is 12.7.